The van der Waals surface area contributed by atoms with Crippen molar-refractivity contribution in [3.8, 4) is 11.4 Å². The van der Waals surface area contributed by atoms with E-state index in [4.69, 9.17) is 5.73 Å². The van der Waals surface area contributed by atoms with Crippen molar-refractivity contribution in [3.05, 3.63) is 49.1 Å². The lowest BCUT2D eigenvalue weighted by molar-refractivity contribution is 1.15. The van der Waals surface area contributed by atoms with Gasteiger partial charge in [-0.05, 0) is 24.3 Å². The topological polar surface area (TPSA) is 56.2 Å². The Morgan fingerprint density at radius 3 is 2.88 bits per heavy atom. The molecule has 0 saturated heterocycles. The van der Waals surface area contributed by atoms with Gasteiger partial charge in [-0.15, -0.1) is 0 Å². The third-order valence-corrected chi connectivity index (χ3v) is 2.52. The number of hydrogen-bond acceptors (Lipinski definition) is 3. The minimum absolute atomic E-state index is 0.727. The molecule has 0 bridgehead atoms. The molecular formula is C12H10N4. The second-order valence-electron chi connectivity index (χ2n) is 3.54. The fourth-order valence-electron chi connectivity index (χ4n) is 1.75. The predicted octanol–water partition coefficient (Wildman–Crippen LogP) is 1.98. The molecule has 3 aromatic rings. The van der Waals surface area contributed by atoms with Crippen LogP contribution in [0.4, 0.5) is 5.69 Å². The largest absolute Gasteiger partial charge is 0.397 e. The lowest BCUT2D eigenvalue weighted by Gasteiger charge is -2.01. The van der Waals surface area contributed by atoms with Crippen molar-refractivity contribution in [3.63, 3.8) is 0 Å². The number of imidazole rings is 1. The lowest BCUT2D eigenvalue weighted by atomic mass is 10.3. The molecule has 0 unspecified atom stereocenters. The number of pyridine rings is 2. The molecule has 78 valence electrons. The van der Waals surface area contributed by atoms with Crippen LogP contribution in [0, 0.1) is 0 Å². The van der Waals surface area contributed by atoms with Gasteiger partial charge in [0.25, 0.3) is 0 Å². The monoisotopic (exact) mass is 210 g/mol. The maximum absolute atomic E-state index is 5.87. The third-order valence-electron chi connectivity index (χ3n) is 2.52. The van der Waals surface area contributed by atoms with Gasteiger partial charge >= 0.3 is 0 Å². The van der Waals surface area contributed by atoms with E-state index in [1.807, 2.05) is 34.9 Å². The summed E-state index contributed by atoms with van der Waals surface area (Å²) >= 11 is 0. The van der Waals surface area contributed by atoms with E-state index in [1.54, 1.807) is 18.6 Å². The number of nitrogen functional groups attached to an aromatic ring is 1. The first-order valence-corrected chi connectivity index (χ1v) is 4.98. The molecule has 0 radical (unpaired) electrons. The summed E-state index contributed by atoms with van der Waals surface area (Å²) < 4.78 is 1.96. The van der Waals surface area contributed by atoms with Gasteiger partial charge in [-0.1, -0.05) is 0 Å². The molecule has 0 saturated carbocycles. The number of nitrogens with two attached hydrogens (primary N) is 1. The smallest absolute Gasteiger partial charge is 0.146 e. The number of rotatable bonds is 1. The predicted molar refractivity (Wildman–Crippen MR) is 62.8 cm³/mol. The van der Waals surface area contributed by atoms with Crippen molar-refractivity contribution in [2.24, 2.45) is 0 Å². The zero-order valence-corrected chi connectivity index (χ0v) is 8.54. The highest BCUT2D eigenvalue weighted by Crippen LogP contribution is 2.21. The maximum atomic E-state index is 5.87. The molecule has 0 fully saturated rings. The highest BCUT2D eigenvalue weighted by Gasteiger charge is 2.06. The molecule has 2 N–H and O–H groups in total. The van der Waals surface area contributed by atoms with Crippen LogP contribution in [0.3, 0.4) is 0 Å². The molecule has 0 amide bonds. The van der Waals surface area contributed by atoms with Crippen molar-refractivity contribution >= 4 is 11.2 Å². The molecular weight excluding hydrogens is 200 g/mol. The third kappa shape index (κ3) is 1.24. The van der Waals surface area contributed by atoms with Crippen molar-refractivity contribution in [1.82, 2.24) is 14.4 Å². The molecule has 16 heavy (non-hydrogen) atoms. The molecule has 0 spiro atoms. The van der Waals surface area contributed by atoms with E-state index >= 15 is 0 Å². The molecule has 4 heteroatoms. The molecule has 0 aliphatic heterocycles. The summed E-state index contributed by atoms with van der Waals surface area (Å²) in [5.41, 5.74) is 8.50. The van der Waals surface area contributed by atoms with E-state index in [0.29, 0.717) is 0 Å². The average molecular weight is 210 g/mol. The second-order valence-corrected chi connectivity index (χ2v) is 3.54. The molecule has 3 heterocycles. The fraction of sp³-hybridized carbons (Fsp3) is 0. The Labute approximate surface area is 92.4 Å². The van der Waals surface area contributed by atoms with E-state index in [9.17, 15) is 0 Å². The number of nitrogens with zero attached hydrogens (tertiary/aromatic N) is 3. The second kappa shape index (κ2) is 3.34. The van der Waals surface area contributed by atoms with Crippen molar-refractivity contribution < 1.29 is 0 Å². The first-order valence-electron chi connectivity index (χ1n) is 4.98. The quantitative estimate of drug-likeness (QED) is 0.668. The number of hydrogen-bond donors (Lipinski definition) is 1. The fourth-order valence-corrected chi connectivity index (χ4v) is 1.75. The van der Waals surface area contributed by atoms with Crippen LogP contribution in [0.15, 0.2) is 49.1 Å². The Kier molecular flexibility index (Phi) is 1.86. The Hall–Kier alpha value is -2.36. The number of fused-ring (bicyclic) bond motifs is 1. The molecule has 3 aromatic heterocycles. The number of anilines is 1. The molecule has 0 aliphatic rings. The lowest BCUT2D eigenvalue weighted by Crippen LogP contribution is -1.92. The van der Waals surface area contributed by atoms with Crippen molar-refractivity contribution in [2.45, 2.75) is 0 Å². The Morgan fingerprint density at radius 1 is 1.12 bits per heavy atom. The van der Waals surface area contributed by atoms with Gasteiger partial charge in [-0.25, -0.2) is 4.98 Å². The molecule has 3 rings (SSSR count). The van der Waals surface area contributed by atoms with Crippen molar-refractivity contribution in [2.75, 3.05) is 5.73 Å². The minimum atomic E-state index is 0.727. The van der Waals surface area contributed by atoms with Crippen LogP contribution in [-0.4, -0.2) is 14.4 Å². The van der Waals surface area contributed by atoms with E-state index in [0.717, 1.165) is 22.6 Å². The molecule has 0 atom stereocenters. The van der Waals surface area contributed by atoms with Crippen LogP contribution >= 0.6 is 0 Å². The van der Waals surface area contributed by atoms with Crippen LogP contribution in [0.2, 0.25) is 0 Å². The van der Waals surface area contributed by atoms with E-state index < -0.39 is 0 Å². The van der Waals surface area contributed by atoms with Crippen LogP contribution in [-0.2, 0) is 0 Å². The standard InChI is InChI=1S/C12H10N4/c13-10-4-2-6-16-11(10)8-15-12(16)9-3-1-5-14-7-9/h1-8H,13H2. The van der Waals surface area contributed by atoms with Crippen LogP contribution in [0.25, 0.3) is 16.9 Å². The van der Waals surface area contributed by atoms with Crippen LogP contribution < -0.4 is 5.73 Å². The summed E-state index contributed by atoms with van der Waals surface area (Å²) in [4.78, 5) is 8.45. The van der Waals surface area contributed by atoms with Crippen LogP contribution in [0.1, 0.15) is 0 Å². The SMILES string of the molecule is Nc1cccn2c(-c3cccnc3)ncc12. The Morgan fingerprint density at radius 2 is 2.06 bits per heavy atom. The first-order chi connectivity index (χ1) is 7.86. The minimum Gasteiger partial charge on any atom is -0.397 e. The van der Waals surface area contributed by atoms with Gasteiger partial charge < -0.3 is 5.73 Å². The summed E-state index contributed by atoms with van der Waals surface area (Å²) in [6.45, 7) is 0. The zero-order valence-electron chi connectivity index (χ0n) is 8.54. The molecule has 0 aromatic carbocycles. The highest BCUT2D eigenvalue weighted by atomic mass is 15.0. The summed E-state index contributed by atoms with van der Waals surface area (Å²) in [5, 5.41) is 0. The van der Waals surface area contributed by atoms with Gasteiger partial charge in [-0.2, -0.15) is 0 Å². The van der Waals surface area contributed by atoms with Gasteiger partial charge in [0, 0.05) is 24.2 Å². The maximum Gasteiger partial charge on any atom is 0.146 e. The Balaban J connectivity index is 2.30. The van der Waals surface area contributed by atoms with Gasteiger partial charge in [0.2, 0.25) is 0 Å². The van der Waals surface area contributed by atoms with E-state index in [2.05, 4.69) is 9.97 Å². The summed E-state index contributed by atoms with van der Waals surface area (Å²) in [7, 11) is 0. The molecule has 0 aliphatic carbocycles. The zero-order chi connectivity index (χ0) is 11.0. The van der Waals surface area contributed by atoms with E-state index in [-0.39, 0.29) is 0 Å². The highest BCUT2D eigenvalue weighted by molar-refractivity contribution is 5.72. The molecule has 4 nitrogen and oxygen atoms in total. The summed E-state index contributed by atoms with van der Waals surface area (Å²) in [5.74, 6) is 0.857. The van der Waals surface area contributed by atoms with Gasteiger partial charge in [-0.3, -0.25) is 9.38 Å². The van der Waals surface area contributed by atoms with Gasteiger partial charge in [0.1, 0.15) is 5.82 Å². The van der Waals surface area contributed by atoms with E-state index in [1.165, 1.54) is 0 Å². The normalized spacial score (nSPS) is 10.8. The number of aromatic nitrogens is 3. The average Bonchev–Trinajstić information content (AvgIpc) is 2.75. The van der Waals surface area contributed by atoms with Gasteiger partial charge in [0.05, 0.1) is 17.4 Å². The van der Waals surface area contributed by atoms with Crippen molar-refractivity contribution in [1.29, 1.82) is 0 Å². The first kappa shape index (κ1) is 8.91. The Bertz CT molecular complexity index is 628. The van der Waals surface area contributed by atoms with Crippen LogP contribution in [0.5, 0.6) is 0 Å². The summed E-state index contributed by atoms with van der Waals surface area (Å²) in [6, 6.07) is 7.64. The van der Waals surface area contributed by atoms with Gasteiger partial charge in [0.15, 0.2) is 0 Å². The summed E-state index contributed by atoms with van der Waals surface area (Å²) in [6.07, 6.45) is 7.25.